The van der Waals surface area contributed by atoms with Crippen molar-refractivity contribution in [2.24, 2.45) is 5.92 Å². The molecule has 228 valence electrons. The Bertz CT molecular complexity index is 1260. The molecule has 0 radical (unpaired) electrons. The summed E-state index contributed by atoms with van der Waals surface area (Å²) < 4.78 is 5.85. The molecule has 2 amide bonds. The third-order valence-electron chi connectivity index (χ3n) is 8.79. The van der Waals surface area contributed by atoms with Crippen LogP contribution in [0.5, 0.6) is 11.5 Å². The van der Waals surface area contributed by atoms with Crippen LogP contribution in [0, 0.1) is 5.92 Å². The van der Waals surface area contributed by atoms with Gasteiger partial charge < -0.3 is 25.2 Å². The topological polar surface area (TPSA) is 119 Å². The van der Waals surface area contributed by atoms with Gasteiger partial charge in [0.25, 0.3) is 0 Å². The number of piperazine rings is 1. The zero-order valence-electron chi connectivity index (χ0n) is 24.6. The van der Waals surface area contributed by atoms with E-state index in [1.165, 1.54) is 18.2 Å². The number of carbonyl (C=O) groups is 3. The first-order valence-corrected chi connectivity index (χ1v) is 15.3. The van der Waals surface area contributed by atoms with Crippen LogP contribution in [-0.4, -0.2) is 75.1 Å². The van der Waals surface area contributed by atoms with Crippen molar-refractivity contribution < 1.29 is 29.3 Å². The summed E-state index contributed by atoms with van der Waals surface area (Å²) in [6.07, 6.45) is 3.38. The average molecular weight is 600 g/mol. The molecule has 0 saturated carbocycles. The van der Waals surface area contributed by atoms with E-state index in [2.05, 4.69) is 17.1 Å². The second-order valence-corrected chi connectivity index (χ2v) is 11.8. The second kappa shape index (κ2) is 13.9. The number of carbonyl (C=O) groups excluding carboxylic acids is 2. The summed E-state index contributed by atoms with van der Waals surface area (Å²) in [5.41, 5.74) is 0.277. The van der Waals surface area contributed by atoms with E-state index >= 15 is 0 Å². The normalized spacial score (nSPS) is 19.7. The van der Waals surface area contributed by atoms with Crippen molar-refractivity contribution in [1.82, 2.24) is 15.1 Å². The van der Waals surface area contributed by atoms with Gasteiger partial charge in [0.05, 0.1) is 16.7 Å². The van der Waals surface area contributed by atoms with Gasteiger partial charge in [0.15, 0.2) is 0 Å². The quantitative estimate of drug-likeness (QED) is 0.311. The number of benzene rings is 2. The van der Waals surface area contributed by atoms with Crippen LogP contribution in [0.2, 0.25) is 5.02 Å². The minimum atomic E-state index is -1.05. The maximum Gasteiger partial charge on any atom is 0.335 e. The van der Waals surface area contributed by atoms with Gasteiger partial charge in [-0.3, -0.25) is 14.5 Å². The molecular formula is C32H42ClN3O6. The van der Waals surface area contributed by atoms with E-state index in [1.807, 2.05) is 38.1 Å². The van der Waals surface area contributed by atoms with E-state index in [9.17, 15) is 19.5 Å². The van der Waals surface area contributed by atoms with Crippen LogP contribution in [0.4, 0.5) is 0 Å². The number of halogens is 1. The highest BCUT2D eigenvalue weighted by Crippen LogP contribution is 2.36. The maximum absolute atomic E-state index is 13.7. The Morgan fingerprint density at radius 3 is 2.33 bits per heavy atom. The number of rotatable bonds is 12. The van der Waals surface area contributed by atoms with Crippen LogP contribution in [0.1, 0.15) is 75.2 Å². The summed E-state index contributed by atoms with van der Waals surface area (Å²) in [6, 6.07) is 11.1. The number of aromatic carboxylic acids is 1. The number of hydrogen-bond donors (Lipinski definition) is 3. The summed E-state index contributed by atoms with van der Waals surface area (Å²) in [4.78, 5) is 42.6. The van der Waals surface area contributed by atoms with E-state index in [1.54, 1.807) is 4.90 Å². The lowest BCUT2D eigenvalue weighted by atomic mass is 9.79. The van der Waals surface area contributed by atoms with Crippen LogP contribution in [0.3, 0.4) is 0 Å². The predicted molar refractivity (Wildman–Crippen MR) is 161 cm³/mol. The number of aliphatic hydroxyl groups is 1. The Kier molecular flexibility index (Phi) is 10.5. The van der Waals surface area contributed by atoms with Crippen LogP contribution in [0.15, 0.2) is 42.5 Å². The van der Waals surface area contributed by atoms with E-state index in [4.69, 9.17) is 21.4 Å². The van der Waals surface area contributed by atoms with E-state index in [-0.39, 0.29) is 28.3 Å². The summed E-state index contributed by atoms with van der Waals surface area (Å²) in [5.74, 6) is -0.460. The summed E-state index contributed by atoms with van der Waals surface area (Å²) >= 11 is 6.19. The minimum absolute atomic E-state index is 0.0468. The third-order valence-corrected chi connectivity index (χ3v) is 9.08. The Morgan fingerprint density at radius 1 is 1.10 bits per heavy atom. The zero-order valence-corrected chi connectivity index (χ0v) is 25.4. The largest absolute Gasteiger partial charge is 0.478 e. The molecule has 0 bridgehead atoms. The molecule has 0 aliphatic carbocycles. The van der Waals surface area contributed by atoms with E-state index in [0.717, 1.165) is 31.2 Å². The van der Waals surface area contributed by atoms with Gasteiger partial charge in [-0.25, -0.2) is 4.79 Å². The molecule has 2 saturated heterocycles. The SMILES string of the molecule is CCCCN1C(=O)[C@@H]([C@H](O)C(CC)CC)NC(=O)C12CCN(Cc1ccc(Oc3ccc(C(=O)O)cc3Cl)cc1)CC2. The highest BCUT2D eigenvalue weighted by atomic mass is 35.5. The molecule has 10 heteroatoms. The molecule has 3 N–H and O–H groups in total. The van der Waals surface area contributed by atoms with Crippen molar-refractivity contribution in [1.29, 1.82) is 0 Å². The molecule has 2 heterocycles. The van der Waals surface area contributed by atoms with Gasteiger partial charge in [0.1, 0.15) is 23.1 Å². The van der Waals surface area contributed by atoms with E-state index < -0.39 is 23.7 Å². The number of piperidine rings is 1. The molecule has 2 aromatic rings. The van der Waals surface area contributed by atoms with Gasteiger partial charge in [-0.05, 0) is 61.1 Å². The van der Waals surface area contributed by atoms with Crippen LogP contribution in [0.25, 0.3) is 0 Å². The Morgan fingerprint density at radius 2 is 1.76 bits per heavy atom. The highest BCUT2D eigenvalue weighted by Gasteiger charge is 2.55. The number of amides is 2. The molecule has 1 spiro atoms. The molecule has 2 atom stereocenters. The monoisotopic (exact) mass is 599 g/mol. The highest BCUT2D eigenvalue weighted by molar-refractivity contribution is 6.32. The standard InChI is InChI=1S/C32H42ClN3O6/c1-4-7-16-36-29(38)27(28(37)22(5-2)6-3)34-31(41)32(36)14-17-35(18-15-32)20-21-8-11-24(12-9-21)42-26-13-10-23(30(39)40)19-25(26)33/h8-13,19,22,27-28,37H,4-7,14-18,20H2,1-3H3,(H,34,41)(H,39,40)/t27-,28-/m1/s1. The summed E-state index contributed by atoms with van der Waals surface area (Å²) in [5, 5.41) is 23.3. The van der Waals surface area contributed by atoms with Crippen molar-refractivity contribution in [3.63, 3.8) is 0 Å². The Labute approximate surface area is 252 Å². The molecule has 2 fully saturated rings. The van der Waals surface area contributed by atoms with Crippen molar-refractivity contribution in [2.45, 2.75) is 83.5 Å². The van der Waals surface area contributed by atoms with Gasteiger partial charge in [-0.1, -0.05) is 63.8 Å². The maximum atomic E-state index is 13.7. The molecule has 2 aromatic carbocycles. The molecule has 4 rings (SSSR count). The fourth-order valence-corrected chi connectivity index (χ4v) is 6.32. The van der Waals surface area contributed by atoms with Crippen molar-refractivity contribution in [3.8, 4) is 11.5 Å². The fourth-order valence-electron chi connectivity index (χ4n) is 6.10. The van der Waals surface area contributed by atoms with Crippen molar-refractivity contribution >= 4 is 29.4 Å². The smallest absolute Gasteiger partial charge is 0.335 e. The number of carboxylic acids is 1. The predicted octanol–water partition coefficient (Wildman–Crippen LogP) is 5.09. The Hall–Kier alpha value is -3.14. The number of likely N-dealkylation sites (tertiary alicyclic amines) is 1. The summed E-state index contributed by atoms with van der Waals surface area (Å²) in [7, 11) is 0. The third kappa shape index (κ3) is 6.74. The number of hydrogen-bond acceptors (Lipinski definition) is 6. The van der Waals surface area contributed by atoms with Crippen LogP contribution < -0.4 is 10.1 Å². The number of carboxylic acid groups (broad SMARTS) is 1. The number of nitrogens with zero attached hydrogens (tertiary/aromatic N) is 2. The molecular weight excluding hydrogens is 558 g/mol. The number of ether oxygens (including phenoxy) is 1. The molecule has 2 aliphatic rings. The number of nitrogens with one attached hydrogen (secondary N) is 1. The zero-order chi connectivity index (χ0) is 30.4. The van der Waals surface area contributed by atoms with Crippen molar-refractivity contribution in [2.75, 3.05) is 19.6 Å². The summed E-state index contributed by atoms with van der Waals surface area (Å²) in [6.45, 7) is 8.58. The van der Waals surface area contributed by atoms with Crippen molar-refractivity contribution in [3.05, 3.63) is 58.6 Å². The van der Waals surface area contributed by atoms with Gasteiger partial charge in [0.2, 0.25) is 11.8 Å². The minimum Gasteiger partial charge on any atom is -0.478 e. The number of aliphatic hydroxyl groups excluding tert-OH is 1. The van der Waals surface area contributed by atoms with Gasteiger partial charge >= 0.3 is 5.97 Å². The van der Waals surface area contributed by atoms with Gasteiger partial charge in [0, 0.05) is 26.2 Å². The molecule has 0 unspecified atom stereocenters. The first kappa shape index (κ1) is 31.8. The van der Waals surface area contributed by atoms with Crippen LogP contribution in [-0.2, 0) is 16.1 Å². The molecule has 0 aromatic heterocycles. The number of unbranched alkanes of at least 4 members (excludes halogenated alkanes) is 1. The van der Waals surface area contributed by atoms with Gasteiger partial charge in [-0.2, -0.15) is 0 Å². The lowest BCUT2D eigenvalue weighted by molar-refractivity contribution is -0.165. The molecule has 2 aliphatic heterocycles. The lowest BCUT2D eigenvalue weighted by Crippen LogP contribution is -2.75. The Balaban J connectivity index is 1.40. The van der Waals surface area contributed by atoms with Gasteiger partial charge in [-0.15, -0.1) is 0 Å². The first-order chi connectivity index (χ1) is 20.1. The van der Waals surface area contributed by atoms with E-state index in [0.29, 0.717) is 50.5 Å². The molecule has 42 heavy (non-hydrogen) atoms. The second-order valence-electron chi connectivity index (χ2n) is 11.4. The fraction of sp³-hybridized carbons (Fsp3) is 0.531. The average Bonchev–Trinajstić information content (AvgIpc) is 2.98. The first-order valence-electron chi connectivity index (χ1n) is 15.0. The lowest BCUT2D eigenvalue weighted by Gasteiger charge is -2.52. The van der Waals surface area contributed by atoms with Crippen LogP contribution >= 0.6 is 11.6 Å². The molecule has 9 nitrogen and oxygen atoms in total.